The highest BCUT2D eigenvalue weighted by Crippen LogP contribution is 2.31. The smallest absolute Gasteiger partial charge is 0.268 e. The molecule has 7 heteroatoms. The minimum atomic E-state index is -3.67. The number of nitrogens with one attached hydrogen (secondary N) is 1. The first-order valence-corrected chi connectivity index (χ1v) is 8.74. The number of nitrogens with zero attached hydrogens (tertiary/aromatic N) is 1. The second kappa shape index (κ2) is 6.64. The second-order valence-electron chi connectivity index (χ2n) is 4.39. The zero-order valence-corrected chi connectivity index (χ0v) is 14.2. The van der Waals surface area contributed by atoms with Crippen LogP contribution in [0.25, 0.3) is 0 Å². The quantitative estimate of drug-likeness (QED) is 0.846. The molecule has 0 atom stereocenters. The van der Waals surface area contributed by atoms with Crippen LogP contribution in [0.3, 0.4) is 0 Å². The van der Waals surface area contributed by atoms with E-state index in [9.17, 15) is 8.42 Å². The molecule has 1 aromatic carbocycles. The van der Waals surface area contributed by atoms with Gasteiger partial charge in [-0.2, -0.15) is 0 Å². The molecule has 114 valence electrons. The molecule has 0 radical (unpaired) electrons. The van der Waals surface area contributed by atoms with Crippen LogP contribution in [0.2, 0.25) is 0 Å². The maximum atomic E-state index is 12.8. The molecule has 1 aromatic heterocycles. The molecule has 0 amide bonds. The van der Waals surface area contributed by atoms with Crippen molar-refractivity contribution in [2.24, 2.45) is 0 Å². The molecule has 0 aliphatic carbocycles. The molecular weight excluding hydrogens is 356 g/mol. The third-order valence-corrected chi connectivity index (χ3v) is 5.72. The Kier molecular flexibility index (Phi) is 5.08. The Bertz CT molecular complexity index is 698. The number of furan rings is 1. The molecule has 21 heavy (non-hydrogen) atoms. The fourth-order valence-corrected chi connectivity index (χ4v) is 4.48. The molecular formula is C14H17BrN2O3S. The second-order valence-corrected chi connectivity index (χ2v) is 6.94. The lowest BCUT2D eigenvalue weighted by atomic mass is 10.3. The lowest BCUT2D eigenvalue weighted by molar-refractivity contribution is 0.470. The maximum absolute atomic E-state index is 12.8. The van der Waals surface area contributed by atoms with Crippen molar-refractivity contribution in [3.8, 4) is 0 Å². The molecule has 1 heterocycles. The van der Waals surface area contributed by atoms with Crippen molar-refractivity contribution < 1.29 is 12.8 Å². The summed E-state index contributed by atoms with van der Waals surface area (Å²) < 4.78 is 32.6. The van der Waals surface area contributed by atoms with E-state index in [2.05, 4.69) is 21.2 Å². The van der Waals surface area contributed by atoms with Crippen molar-refractivity contribution in [3.63, 3.8) is 0 Å². The zero-order valence-electron chi connectivity index (χ0n) is 11.8. The summed E-state index contributed by atoms with van der Waals surface area (Å²) in [5.41, 5.74) is 0.628. The molecule has 0 spiro atoms. The van der Waals surface area contributed by atoms with Gasteiger partial charge in [0.2, 0.25) is 0 Å². The molecule has 5 nitrogen and oxygen atoms in total. The Morgan fingerprint density at radius 2 is 1.95 bits per heavy atom. The van der Waals surface area contributed by atoms with Crippen LogP contribution in [-0.2, 0) is 16.6 Å². The largest absolute Gasteiger partial charge is 0.451 e. The molecule has 2 aromatic rings. The molecule has 0 aliphatic heterocycles. The molecule has 1 N–H and O–H groups in total. The Morgan fingerprint density at radius 3 is 2.52 bits per heavy atom. The van der Waals surface area contributed by atoms with Gasteiger partial charge in [0.05, 0.1) is 12.2 Å². The first kappa shape index (κ1) is 16.1. The van der Waals surface area contributed by atoms with E-state index in [1.54, 1.807) is 32.2 Å². The summed E-state index contributed by atoms with van der Waals surface area (Å²) in [5.74, 6) is 0.562. The lowest BCUT2D eigenvalue weighted by Gasteiger charge is -2.22. The molecule has 0 aliphatic rings. The number of para-hydroxylation sites is 1. The van der Waals surface area contributed by atoms with E-state index < -0.39 is 10.0 Å². The van der Waals surface area contributed by atoms with Gasteiger partial charge in [-0.3, -0.25) is 4.31 Å². The average Bonchev–Trinajstić information content (AvgIpc) is 2.82. The Labute approximate surface area is 133 Å². The number of sulfonamides is 1. The average molecular weight is 373 g/mol. The summed E-state index contributed by atoms with van der Waals surface area (Å²) in [6, 6.07) is 10.5. The SMILES string of the molecule is CCN(c1ccccc1)S(=O)(=O)c1cc(CNC)oc1Br. The van der Waals surface area contributed by atoms with Gasteiger partial charge in [0.1, 0.15) is 10.7 Å². The number of rotatable bonds is 6. The van der Waals surface area contributed by atoms with Gasteiger partial charge in [-0.05, 0) is 42.0 Å². The Hall–Kier alpha value is -1.31. The van der Waals surface area contributed by atoms with Crippen LogP contribution in [0.1, 0.15) is 12.7 Å². The number of hydrogen-bond acceptors (Lipinski definition) is 4. The number of hydrogen-bond donors (Lipinski definition) is 1. The van der Waals surface area contributed by atoms with E-state index in [-0.39, 0.29) is 9.56 Å². The van der Waals surface area contributed by atoms with Crippen molar-refractivity contribution in [1.82, 2.24) is 5.32 Å². The van der Waals surface area contributed by atoms with Crippen molar-refractivity contribution in [2.45, 2.75) is 18.4 Å². The fourth-order valence-electron chi connectivity index (χ4n) is 2.04. The molecule has 0 saturated carbocycles. The highest BCUT2D eigenvalue weighted by Gasteiger charge is 2.28. The van der Waals surface area contributed by atoms with Crippen LogP contribution in [0.15, 0.2) is 50.4 Å². The van der Waals surface area contributed by atoms with Gasteiger partial charge in [-0.15, -0.1) is 0 Å². The van der Waals surface area contributed by atoms with Gasteiger partial charge in [0.15, 0.2) is 4.67 Å². The van der Waals surface area contributed by atoms with Crippen LogP contribution in [-0.4, -0.2) is 22.0 Å². The molecule has 0 unspecified atom stereocenters. The first-order chi connectivity index (χ1) is 10.0. The van der Waals surface area contributed by atoms with Crippen molar-refractivity contribution in [2.75, 3.05) is 17.9 Å². The minimum Gasteiger partial charge on any atom is -0.451 e. The summed E-state index contributed by atoms with van der Waals surface area (Å²) in [6.07, 6.45) is 0. The van der Waals surface area contributed by atoms with Crippen molar-refractivity contribution in [1.29, 1.82) is 0 Å². The third kappa shape index (κ3) is 3.30. The van der Waals surface area contributed by atoms with E-state index in [4.69, 9.17) is 4.42 Å². The van der Waals surface area contributed by atoms with E-state index in [0.29, 0.717) is 24.5 Å². The lowest BCUT2D eigenvalue weighted by Crippen LogP contribution is -2.30. The summed E-state index contributed by atoms with van der Waals surface area (Å²) in [5, 5.41) is 2.93. The molecule has 0 saturated heterocycles. The Morgan fingerprint density at radius 1 is 1.29 bits per heavy atom. The van der Waals surface area contributed by atoms with Gasteiger partial charge in [-0.25, -0.2) is 8.42 Å². The van der Waals surface area contributed by atoms with Crippen molar-refractivity contribution in [3.05, 3.63) is 46.8 Å². The highest BCUT2D eigenvalue weighted by atomic mass is 79.9. The number of benzene rings is 1. The predicted molar refractivity (Wildman–Crippen MR) is 85.8 cm³/mol. The summed E-state index contributed by atoms with van der Waals surface area (Å²) in [4.78, 5) is 0.137. The normalized spacial score (nSPS) is 11.6. The van der Waals surface area contributed by atoms with Crippen LogP contribution in [0, 0.1) is 0 Å². The summed E-state index contributed by atoms with van der Waals surface area (Å²) in [7, 11) is -1.90. The van der Waals surface area contributed by atoms with Gasteiger partial charge < -0.3 is 9.73 Å². The van der Waals surface area contributed by atoms with E-state index in [1.807, 2.05) is 18.2 Å². The summed E-state index contributed by atoms with van der Waals surface area (Å²) in [6.45, 7) is 2.60. The van der Waals surface area contributed by atoms with E-state index in [0.717, 1.165) is 0 Å². The van der Waals surface area contributed by atoms with Crippen LogP contribution >= 0.6 is 15.9 Å². The van der Waals surface area contributed by atoms with Gasteiger partial charge in [0.25, 0.3) is 10.0 Å². The predicted octanol–water partition coefficient (Wildman–Crippen LogP) is 2.98. The standard InChI is InChI=1S/C14H17BrN2O3S/c1-3-17(11-7-5-4-6-8-11)21(18,19)13-9-12(10-16-2)20-14(13)15/h4-9,16H,3,10H2,1-2H3. The van der Waals surface area contributed by atoms with Gasteiger partial charge in [0, 0.05) is 12.6 Å². The number of halogens is 1. The van der Waals surface area contributed by atoms with Crippen molar-refractivity contribution >= 4 is 31.6 Å². The Balaban J connectivity index is 2.45. The maximum Gasteiger partial charge on any atom is 0.268 e. The third-order valence-electron chi connectivity index (χ3n) is 2.96. The molecule has 0 fully saturated rings. The first-order valence-electron chi connectivity index (χ1n) is 6.51. The van der Waals surface area contributed by atoms with E-state index in [1.165, 1.54) is 4.31 Å². The van der Waals surface area contributed by atoms with Gasteiger partial charge >= 0.3 is 0 Å². The van der Waals surface area contributed by atoms with Crippen LogP contribution in [0.4, 0.5) is 5.69 Å². The highest BCUT2D eigenvalue weighted by molar-refractivity contribution is 9.10. The fraction of sp³-hybridized carbons (Fsp3) is 0.286. The topological polar surface area (TPSA) is 62.6 Å². The number of anilines is 1. The molecule has 0 bridgehead atoms. The minimum absolute atomic E-state index is 0.137. The summed E-state index contributed by atoms with van der Waals surface area (Å²) >= 11 is 3.19. The monoisotopic (exact) mass is 372 g/mol. The van der Waals surface area contributed by atoms with Crippen LogP contribution < -0.4 is 9.62 Å². The molecule has 2 rings (SSSR count). The van der Waals surface area contributed by atoms with Gasteiger partial charge in [-0.1, -0.05) is 18.2 Å². The zero-order chi connectivity index (χ0) is 15.5. The van der Waals surface area contributed by atoms with E-state index >= 15 is 0 Å². The van der Waals surface area contributed by atoms with Crippen LogP contribution in [0.5, 0.6) is 0 Å².